The zero-order chi connectivity index (χ0) is 26.7. The van der Waals surface area contributed by atoms with Crippen molar-refractivity contribution in [2.75, 3.05) is 7.11 Å². The maximum absolute atomic E-state index is 13.7. The maximum atomic E-state index is 13.7. The van der Waals surface area contributed by atoms with Crippen molar-refractivity contribution < 1.29 is 14.3 Å². The molecule has 0 spiro atoms. The number of carbonyl (C=O) groups is 1. The second-order valence-electron chi connectivity index (χ2n) is 9.80. The number of fused-ring (bicyclic) bond motifs is 3. The van der Waals surface area contributed by atoms with Crippen LogP contribution < -0.4 is 4.74 Å². The lowest BCUT2D eigenvalue weighted by Gasteiger charge is -2.31. The number of aromatic nitrogens is 3. The third-order valence-corrected chi connectivity index (χ3v) is 7.90. The van der Waals surface area contributed by atoms with Gasteiger partial charge in [0.05, 0.1) is 18.4 Å². The molecule has 1 aliphatic rings. The van der Waals surface area contributed by atoms with Crippen LogP contribution in [-0.2, 0) is 16.9 Å². The predicted octanol–water partition coefficient (Wildman–Crippen LogP) is 6.76. The Morgan fingerprint density at radius 2 is 1.67 bits per heavy atom. The number of esters is 1. The topological polar surface area (TPSA) is 57.8 Å². The van der Waals surface area contributed by atoms with Gasteiger partial charge in [-0.15, -0.1) is 0 Å². The van der Waals surface area contributed by atoms with Gasteiger partial charge in [-0.05, 0) is 62.4 Å². The number of para-hydroxylation sites is 1. The molecular weight excluding hydrogens is 486 g/mol. The Labute approximate surface area is 226 Å². The molecule has 0 fully saturated rings. The maximum Gasteiger partial charge on any atom is 0.340 e. The number of aryl methyl sites for hydroxylation is 1. The van der Waals surface area contributed by atoms with E-state index in [9.17, 15) is 4.79 Å². The third-order valence-electron chi connectivity index (χ3n) is 7.90. The molecule has 0 N–H and O–H groups in total. The molecule has 39 heavy (non-hydrogen) atoms. The van der Waals surface area contributed by atoms with E-state index in [-0.39, 0.29) is 5.97 Å². The van der Waals surface area contributed by atoms with Gasteiger partial charge < -0.3 is 14.0 Å². The molecule has 1 unspecified atom stereocenters. The Hall–Kier alpha value is -4.84. The van der Waals surface area contributed by atoms with Gasteiger partial charge in [0, 0.05) is 46.0 Å². The Morgan fingerprint density at radius 1 is 0.923 bits per heavy atom. The molecule has 0 amide bonds. The van der Waals surface area contributed by atoms with Gasteiger partial charge in [0.25, 0.3) is 0 Å². The molecule has 0 bridgehead atoms. The van der Waals surface area contributed by atoms with Crippen LogP contribution in [0.15, 0.2) is 97.2 Å². The highest BCUT2D eigenvalue weighted by atomic mass is 16.6. The fraction of sp³-hybridized carbons (Fsp3) is 0.152. The first-order valence-electron chi connectivity index (χ1n) is 13.1. The van der Waals surface area contributed by atoms with Gasteiger partial charge in [-0.25, -0.2) is 9.78 Å². The Balaban J connectivity index is 1.68. The highest BCUT2D eigenvalue weighted by Gasteiger charge is 2.54. The van der Waals surface area contributed by atoms with E-state index in [0.29, 0.717) is 5.56 Å². The van der Waals surface area contributed by atoms with Crippen LogP contribution >= 0.6 is 0 Å². The van der Waals surface area contributed by atoms with Crippen molar-refractivity contribution in [3.63, 3.8) is 0 Å². The number of hydrogen-bond acceptors (Lipinski definition) is 4. The normalized spacial score (nSPS) is 16.5. The summed E-state index contributed by atoms with van der Waals surface area (Å²) in [6, 6.07) is 29.9. The largest absolute Gasteiger partial charge is 0.497 e. The van der Waals surface area contributed by atoms with Gasteiger partial charge in [-0.1, -0.05) is 42.5 Å². The van der Waals surface area contributed by atoms with E-state index >= 15 is 0 Å². The molecule has 3 aromatic carbocycles. The van der Waals surface area contributed by atoms with Crippen molar-refractivity contribution in [3.8, 4) is 17.0 Å². The van der Waals surface area contributed by atoms with Crippen molar-refractivity contribution in [1.29, 1.82) is 0 Å². The number of nitrogens with zero attached hydrogens (tertiary/aromatic N) is 3. The van der Waals surface area contributed by atoms with Crippen molar-refractivity contribution in [2.24, 2.45) is 0 Å². The van der Waals surface area contributed by atoms with Crippen molar-refractivity contribution >= 4 is 22.5 Å². The average molecular weight is 514 g/mol. The lowest BCUT2D eigenvalue weighted by molar-refractivity contribution is 0.0240. The molecule has 6 heteroatoms. The first-order valence-corrected chi connectivity index (χ1v) is 13.1. The first kappa shape index (κ1) is 23.3. The SMILES string of the molecule is CCn1c(C)c(C2(c3c(-c4ccc(OC)cc4)nc4ccccn34)OC(=O)c3ccccc32)c2ccccc21. The van der Waals surface area contributed by atoms with Gasteiger partial charge in [-0.3, -0.25) is 4.40 Å². The minimum atomic E-state index is -1.23. The van der Waals surface area contributed by atoms with Gasteiger partial charge >= 0.3 is 5.97 Å². The van der Waals surface area contributed by atoms with Gasteiger partial charge in [0.15, 0.2) is 0 Å². The number of methoxy groups -OCH3 is 1. The standard InChI is InChI=1S/C33H27N3O3/c1-4-35-21(2)29(25-12-6-8-14-27(25)35)33(26-13-7-5-11-24(26)32(37)39-33)31-30(22-16-18-23(38-3)19-17-22)34-28-15-9-10-20-36(28)31/h5-20H,4H2,1-3H3. The summed E-state index contributed by atoms with van der Waals surface area (Å²) < 4.78 is 16.5. The summed E-state index contributed by atoms with van der Waals surface area (Å²) in [5, 5.41) is 1.05. The highest BCUT2D eigenvalue weighted by molar-refractivity contribution is 5.99. The number of pyridine rings is 1. The Morgan fingerprint density at radius 3 is 2.46 bits per heavy atom. The van der Waals surface area contributed by atoms with Gasteiger partial charge in [0.2, 0.25) is 5.60 Å². The molecule has 0 radical (unpaired) electrons. The van der Waals surface area contributed by atoms with Crippen LogP contribution in [0.3, 0.4) is 0 Å². The van der Waals surface area contributed by atoms with Crippen LogP contribution in [0.2, 0.25) is 0 Å². The van der Waals surface area contributed by atoms with E-state index in [1.165, 1.54) is 0 Å². The molecule has 6 aromatic rings. The molecule has 0 saturated heterocycles. The molecule has 7 rings (SSSR count). The van der Waals surface area contributed by atoms with E-state index in [1.807, 2.05) is 79.0 Å². The van der Waals surface area contributed by atoms with E-state index in [1.54, 1.807) is 7.11 Å². The first-order chi connectivity index (χ1) is 19.1. The molecule has 6 nitrogen and oxygen atoms in total. The monoisotopic (exact) mass is 513 g/mol. The van der Waals surface area contributed by atoms with Crippen LogP contribution in [0.5, 0.6) is 5.75 Å². The summed E-state index contributed by atoms with van der Waals surface area (Å²) in [6.07, 6.45) is 2.00. The lowest BCUT2D eigenvalue weighted by Crippen LogP contribution is -2.32. The van der Waals surface area contributed by atoms with Crippen molar-refractivity contribution in [3.05, 3.63) is 125 Å². The molecule has 1 aliphatic heterocycles. The van der Waals surface area contributed by atoms with E-state index < -0.39 is 5.60 Å². The smallest absolute Gasteiger partial charge is 0.340 e. The molecule has 4 heterocycles. The molecule has 192 valence electrons. The van der Waals surface area contributed by atoms with Crippen LogP contribution in [0.25, 0.3) is 27.8 Å². The predicted molar refractivity (Wildman–Crippen MR) is 151 cm³/mol. The number of benzene rings is 3. The fourth-order valence-corrected chi connectivity index (χ4v) is 6.26. The zero-order valence-electron chi connectivity index (χ0n) is 22.0. The summed E-state index contributed by atoms with van der Waals surface area (Å²) in [7, 11) is 1.65. The summed E-state index contributed by atoms with van der Waals surface area (Å²) in [5.74, 6) is 0.420. The summed E-state index contributed by atoms with van der Waals surface area (Å²) in [4.78, 5) is 18.8. The third kappa shape index (κ3) is 3.15. The minimum Gasteiger partial charge on any atom is -0.497 e. The van der Waals surface area contributed by atoms with Gasteiger partial charge in [0.1, 0.15) is 17.1 Å². The van der Waals surface area contributed by atoms with Crippen LogP contribution in [0.4, 0.5) is 0 Å². The number of rotatable bonds is 5. The molecule has 1 atom stereocenters. The lowest BCUT2D eigenvalue weighted by atomic mass is 9.79. The highest BCUT2D eigenvalue weighted by Crippen LogP contribution is 2.53. The Bertz CT molecular complexity index is 1900. The quantitative estimate of drug-likeness (QED) is 0.239. The second-order valence-corrected chi connectivity index (χ2v) is 9.80. The summed E-state index contributed by atoms with van der Waals surface area (Å²) in [5.41, 5.74) is 6.49. The number of imidazole rings is 1. The van der Waals surface area contributed by atoms with E-state index in [4.69, 9.17) is 14.5 Å². The second kappa shape index (κ2) is 8.60. The van der Waals surface area contributed by atoms with Gasteiger partial charge in [-0.2, -0.15) is 0 Å². The number of ether oxygens (including phenoxy) is 2. The summed E-state index contributed by atoms with van der Waals surface area (Å²) in [6.45, 7) is 5.05. The number of hydrogen-bond donors (Lipinski definition) is 0. The zero-order valence-corrected chi connectivity index (χ0v) is 22.0. The molecule has 0 aliphatic carbocycles. The Kier molecular flexibility index (Phi) is 5.13. The van der Waals surface area contributed by atoms with Crippen LogP contribution in [0, 0.1) is 6.92 Å². The minimum absolute atomic E-state index is 0.343. The molecular formula is C33H27N3O3. The molecule has 3 aromatic heterocycles. The van der Waals surface area contributed by atoms with Crippen molar-refractivity contribution in [1.82, 2.24) is 14.0 Å². The van der Waals surface area contributed by atoms with Crippen molar-refractivity contribution in [2.45, 2.75) is 26.0 Å². The summed E-state index contributed by atoms with van der Waals surface area (Å²) >= 11 is 0. The van der Waals surface area contributed by atoms with E-state index in [0.717, 1.165) is 62.6 Å². The fourth-order valence-electron chi connectivity index (χ4n) is 6.26. The average Bonchev–Trinajstić information content (AvgIpc) is 3.60. The number of carbonyl (C=O) groups excluding carboxylic acids is 1. The number of cyclic esters (lactones) is 1. The van der Waals surface area contributed by atoms with Crippen LogP contribution in [-0.4, -0.2) is 27.0 Å². The van der Waals surface area contributed by atoms with E-state index in [2.05, 4.69) is 41.0 Å². The molecule has 0 saturated carbocycles. The van der Waals surface area contributed by atoms with Crippen LogP contribution in [0.1, 0.15) is 39.8 Å².